The number of carbonyl (C=O) groups excluding carboxylic acids is 1. The Morgan fingerprint density at radius 1 is 1.24 bits per heavy atom. The molecule has 5 heteroatoms. The average Bonchev–Trinajstić information content (AvgIpc) is 2.96. The Balaban J connectivity index is 1.85. The van der Waals surface area contributed by atoms with E-state index in [9.17, 15) is 9.59 Å². The van der Waals surface area contributed by atoms with E-state index in [2.05, 4.69) is 5.10 Å². The zero-order chi connectivity index (χ0) is 14.8. The van der Waals surface area contributed by atoms with Gasteiger partial charge < -0.3 is 4.74 Å². The number of nitrogens with zero attached hydrogens (tertiary/aromatic N) is 2. The van der Waals surface area contributed by atoms with E-state index in [1.807, 2.05) is 18.2 Å². The molecule has 0 saturated carbocycles. The van der Waals surface area contributed by atoms with Gasteiger partial charge in [-0.25, -0.2) is 4.68 Å². The molecule has 1 aromatic carbocycles. The van der Waals surface area contributed by atoms with Crippen LogP contribution in [0.25, 0.3) is 0 Å². The van der Waals surface area contributed by atoms with E-state index >= 15 is 0 Å². The molecule has 0 radical (unpaired) electrons. The fraction of sp³-hybridized carbons (Fsp3) is 0.312. The number of aryl methyl sites for hydroxylation is 2. The van der Waals surface area contributed by atoms with Crippen molar-refractivity contribution in [3.8, 4) is 5.88 Å². The number of ether oxygens (including phenoxy) is 1. The van der Waals surface area contributed by atoms with Gasteiger partial charge in [0.1, 0.15) is 6.54 Å². The molecule has 0 fully saturated rings. The highest BCUT2D eigenvalue weighted by atomic mass is 16.5. The van der Waals surface area contributed by atoms with Crippen LogP contribution in [0.2, 0.25) is 0 Å². The molecule has 1 aliphatic rings. The minimum Gasteiger partial charge on any atom is -0.480 e. The summed E-state index contributed by atoms with van der Waals surface area (Å²) in [6.45, 7) is -0.0746. The molecule has 3 rings (SSSR count). The Hall–Kier alpha value is -2.43. The maximum absolute atomic E-state index is 12.3. The van der Waals surface area contributed by atoms with E-state index in [1.54, 1.807) is 0 Å². The van der Waals surface area contributed by atoms with Crippen LogP contribution in [0.15, 0.2) is 35.1 Å². The molecule has 0 amide bonds. The number of methoxy groups -OCH3 is 1. The van der Waals surface area contributed by atoms with Crippen LogP contribution in [0.4, 0.5) is 0 Å². The number of benzene rings is 1. The molecule has 108 valence electrons. The second-order valence-electron chi connectivity index (χ2n) is 5.13. The molecule has 21 heavy (non-hydrogen) atoms. The van der Waals surface area contributed by atoms with E-state index in [0.29, 0.717) is 11.4 Å². The molecule has 1 aromatic heterocycles. The molecule has 2 aromatic rings. The number of aromatic nitrogens is 2. The first-order valence-corrected chi connectivity index (χ1v) is 6.94. The van der Waals surface area contributed by atoms with E-state index < -0.39 is 0 Å². The highest BCUT2D eigenvalue weighted by Crippen LogP contribution is 2.23. The summed E-state index contributed by atoms with van der Waals surface area (Å²) < 4.78 is 6.11. The maximum atomic E-state index is 12.3. The molecule has 0 unspecified atom stereocenters. The van der Waals surface area contributed by atoms with Crippen molar-refractivity contribution in [2.24, 2.45) is 0 Å². The van der Waals surface area contributed by atoms with Gasteiger partial charge in [-0.1, -0.05) is 12.1 Å². The van der Waals surface area contributed by atoms with E-state index in [0.717, 1.165) is 23.9 Å². The largest absolute Gasteiger partial charge is 0.480 e. The Kier molecular flexibility index (Phi) is 3.56. The summed E-state index contributed by atoms with van der Waals surface area (Å²) in [5.41, 5.74) is 2.88. The molecule has 0 saturated heterocycles. The number of fused-ring (bicyclic) bond motifs is 1. The van der Waals surface area contributed by atoms with Gasteiger partial charge in [0.2, 0.25) is 5.88 Å². The summed E-state index contributed by atoms with van der Waals surface area (Å²) >= 11 is 0. The summed E-state index contributed by atoms with van der Waals surface area (Å²) in [6, 6.07) is 8.62. The topological polar surface area (TPSA) is 61.2 Å². The number of carbonyl (C=O) groups is 1. The summed E-state index contributed by atoms with van der Waals surface area (Å²) in [4.78, 5) is 24.1. The summed E-state index contributed by atoms with van der Waals surface area (Å²) in [7, 11) is 1.47. The van der Waals surface area contributed by atoms with Gasteiger partial charge in [-0.2, -0.15) is 0 Å². The predicted molar refractivity (Wildman–Crippen MR) is 77.8 cm³/mol. The fourth-order valence-electron chi connectivity index (χ4n) is 2.62. The minimum atomic E-state index is -0.315. The maximum Gasteiger partial charge on any atom is 0.267 e. The molecule has 1 aliphatic carbocycles. The first-order valence-electron chi connectivity index (χ1n) is 6.94. The van der Waals surface area contributed by atoms with Crippen LogP contribution in [-0.4, -0.2) is 22.7 Å². The SMILES string of the molecule is COc1ccc(=O)n(CC(=O)c2ccc3c(c2)CCC3)n1. The fourth-order valence-corrected chi connectivity index (χ4v) is 2.62. The third kappa shape index (κ3) is 2.72. The lowest BCUT2D eigenvalue weighted by molar-refractivity contribution is 0.0965. The third-order valence-corrected chi connectivity index (χ3v) is 3.77. The second-order valence-corrected chi connectivity index (χ2v) is 5.13. The smallest absolute Gasteiger partial charge is 0.267 e. The lowest BCUT2D eigenvalue weighted by Gasteiger charge is -2.07. The minimum absolute atomic E-state index is 0.0746. The van der Waals surface area contributed by atoms with Crippen molar-refractivity contribution in [3.05, 3.63) is 57.4 Å². The molecule has 0 N–H and O–H groups in total. The Labute approximate surface area is 122 Å². The number of hydrogen-bond donors (Lipinski definition) is 0. The van der Waals surface area contributed by atoms with Crippen LogP contribution in [0.3, 0.4) is 0 Å². The molecular weight excluding hydrogens is 268 g/mol. The standard InChI is InChI=1S/C16H16N2O3/c1-21-15-7-8-16(20)18(17-15)10-14(19)13-6-5-11-3-2-4-12(11)9-13/h5-9H,2-4,10H2,1H3. The number of hydrogen-bond acceptors (Lipinski definition) is 4. The van der Waals surface area contributed by atoms with Gasteiger partial charge in [-0.15, -0.1) is 5.10 Å². The zero-order valence-electron chi connectivity index (χ0n) is 11.8. The van der Waals surface area contributed by atoms with Crippen molar-refractivity contribution >= 4 is 5.78 Å². The van der Waals surface area contributed by atoms with Crippen molar-refractivity contribution in [1.82, 2.24) is 9.78 Å². The van der Waals surface area contributed by atoms with Crippen LogP contribution >= 0.6 is 0 Å². The lowest BCUT2D eigenvalue weighted by Crippen LogP contribution is -2.26. The van der Waals surface area contributed by atoms with Crippen LogP contribution in [0, 0.1) is 0 Å². The number of rotatable bonds is 4. The highest BCUT2D eigenvalue weighted by molar-refractivity contribution is 5.96. The molecule has 1 heterocycles. The quantitative estimate of drug-likeness (QED) is 0.800. The highest BCUT2D eigenvalue weighted by Gasteiger charge is 2.15. The van der Waals surface area contributed by atoms with Gasteiger partial charge >= 0.3 is 0 Å². The lowest BCUT2D eigenvalue weighted by atomic mass is 10.0. The summed E-state index contributed by atoms with van der Waals surface area (Å²) in [5.74, 6) is 0.198. The average molecular weight is 284 g/mol. The third-order valence-electron chi connectivity index (χ3n) is 3.77. The predicted octanol–water partition coefficient (Wildman–Crippen LogP) is 1.62. The molecular formula is C16H16N2O3. The van der Waals surface area contributed by atoms with E-state index in [4.69, 9.17) is 4.74 Å². The van der Waals surface area contributed by atoms with Crippen LogP contribution in [0.5, 0.6) is 5.88 Å². The number of ketones is 1. The van der Waals surface area contributed by atoms with E-state index in [1.165, 1.54) is 30.4 Å². The molecule has 0 atom stereocenters. The molecule has 0 aliphatic heterocycles. The van der Waals surface area contributed by atoms with Gasteiger partial charge in [0, 0.05) is 17.7 Å². The molecule has 0 bridgehead atoms. The van der Waals surface area contributed by atoms with Crippen molar-refractivity contribution in [3.63, 3.8) is 0 Å². The van der Waals surface area contributed by atoms with Gasteiger partial charge in [-0.05, 0) is 36.5 Å². The van der Waals surface area contributed by atoms with Crippen molar-refractivity contribution < 1.29 is 9.53 Å². The van der Waals surface area contributed by atoms with Gasteiger partial charge in [0.15, 0.2) is 5.78 Å². The molecule has 5 nitrogen and oxygen atoms in total. The summed E-state index contributed by atoms with van der Waals surface area (Å²) in [6.07, 6.45) is 3.25. The molecule has 0 spiro atoms. The van der Waals surface area contributed by atoms with Crippen molar-refractivity contribution in [2.75, 3.05) is 7.11 Å². The number of Topliss-reactive ketones (excluding diaryl/α,β-unsaturated/α-hetero) is 1. The van der Waals surface area contributed by atoms with Crippen LogP contribution < -0.4 is 10.3 Å². The first-order chi connectivity index (χ1) is 10.2. The van der Waals surface area contributed by atoms with Crippen molar-refractivity contribution in [2.45, 2.75) is 25.8 Å². The summed E-state index contributed by atoms with van der Waals surface area (Å²) in [5, 5.41) is 3.99. The van der Waals surface area contributed by atoms with E-state index in [-0.39, 0.29) is 17.9 Å². The Morgan fingerprint density at radius 2 is 2.05 bits per heavy atom. The normalized spacial score (nSPS) is 13.0. The Bertz CT molecular complexity index is 749. The first kappa shape index (κ1) is 13.5. The van der Waals surface area contributed by atoms with Crippen molar-refractivity contribution in [1.29, 1.82) is 0 Å². The van der Waals surface area contributed by atoms with Gasteiger partial charge in [-0.3, -0.25) is 9.59 Å². The van der Waals surface area contributed by atoms with Gasteiger partial charge in [0.05, 0.1) is 7.11 Å². The monoisotopic (exact) mass is 284 g/mol. The van der Waals surface area contributed by atoms with Gasteiger partial charge in [0.25, 0.3) is 5.56 Å². The van der Waals surface area contributed by atoms with Crippen LogP contribution in [-0.2, 0) is 19.4 Å². The van der Waals surface area contributed by atoms with Crippen LogP contribution in [0.1, 0.15) is 27.9 Å². The zero-order valence-corrected chi connectivity index (χ0v) is 11.8. The Morgan fingerprint density at radius 3 is 2.86 bits per heavy atom. The second kappa shape index (κ2) is 5.52.